The van der Waals surface area contributed by atoms with E-state index in [0.717, 1.165) is 28.8 Å². The van der Waals surface area contributed by atoms with E-state index in [1.165, 1.54) is 14.2 Å². The van der Waals surface area contributed by atoms with Crippen LogP contribution in [0, 0.1) is 6.92 Å². The lowest BCUT2D eigenvalue weighted by Gasteiger charge is -2.20. The average Bonchev–Trinajstić information content (AvgIpc) is 2.79. The number of halogens is 2. The van der Waals surface area contributed by atoms with Crippen LogP contribution in [-0.4, -0.2) is 13.7 Å². The molecule has 0 fully saturated rings. The maximum atomic E-state index is 5.55. The molecular weight excluding hydrogens is 414 g/mol. The molecular formula is C16H19Br2NOS. The van der Waals surface area contributed by atoms with E-state index in [1.807, 2.05) is 12.1 Å². The van der Waals surface area contributed by atoms with Crippen molar-refractivity contribution in [3.8, 4) is 5.75 Å². The second-order valence-electron chi connectivity index (χ2n) is 4.88. The first kappa shape index (κ1) is 17.0. The topological polar surface area (TPSA) is 21.3 Å². The number of aryl methyl sites for hydroxylation is 1. The van der Waals surface area contributed by atoms with E-state index < -0.39 is 0 Å². The highest BCUT2D eigenvalue weighted by Crippen LogP contribution is 2.38. The fraction of sp³-hybridized carbons (Fsp3) is 0.375. The summed E-state index contributed by atoms with van der Waals surface area (Å²) in [6.07, 6.45) is 1.10. The summed E-state index contributed by atoms with van der Waals surface area (Å²) in [6, 6.07) is 8.54. The molecule has 21 heavy (non-hydrogen) atoms. The molecule has 2 aromatic rings. The third kappa shape index (κ3) is 4.09. The van der Waals surface area contributed by atoms with Crippen molar-refractivity contribution >= 4 is 43.2 Å². The Bertz CT molecular complexity index is 593. The summed E-state index contributed by atoms with van der Waals surface area (Å²) in [6.45, 7) is 5.27. The van der Waals surface area contributed by atoms with E-state index >= 15 is 0 Å². The molecule has 0 saturated carbocycles. The number of thiophene rings is 1. The Kier molecular flexibility index (Phi) is 6.29. The zero-order valence-electron chi connectivity index (χ0n) is 12.4. The van der Waals surface area contributed by atoms with Crippen LogP contribution in [-0.2, 0) is 0 Å². The predicted molar refractivity (Wildman–Crippen MR) is 97.6 cm³/mol. The molecule has 1 N–H and O–H groups in total. The minimum Gasteiger partial charge on any atom is -0.496 e. The van der Waals surface area contributed by atoms with Crippen LogP contribution in [0.15, 0.2) is 32.5 Å². The molecule has 5 heteroatoms. The van der Waals surface area contributed by atoms with Crippen molar-refractivity contribution in [2.75, 3.05) is 13.7 Å². The SMILES string of the molecule is CCCNC(c1cc(C)c(Br)s1)c1cc(Br)ccc1OC. The molecule has 0 radical (unpaired) electrons. The van der Waals surface area contributed by atoms with Gasteiger partial charge in [-0.05, 0) is 65.6 Å². The Morgan fingerprint density at radius 3 is 2.62 bits per heavy atom. The van der Waals surface area contributed by atoms with E-state index in [2.05, 4.69) is 63.2 Å². The van der Waals surface area contributed by atoms with Crippen molar-refractivity contribution in [1.29, 1.82) is 0 Å². The van der Waals surface area contributed by atoms with Crippen LogP contribution in [0.4, 0.5) is 0 Å². The van der Waals surface area contributed by atoms with Gasteiger partial charge in [-0.2, -0.15) is 0 Å². The van der Waals surface area contributed by atoms with Crippen molar-refractivity contribution in [2.24, 2.45) is 0 Å². The molecule has 0 saturated heterocycles. The number of methoxy groups -OCH3 is 1. The molecule has 1 aromatic heterocycles. The van der Waals surface area contributed by atoms with Crippen LogP contribution >= 0.6 is 43.2 Å². The third-order valence-corrected chi connectivity index (χ3v) is 5.96. The van der Waals surface area contributed by atoms with Gasteiger partial charge in [0.25, 0.3) is 0 Å². The summed E-state index contributed by atoms with van der Waals surface area (Å²) in [4.78, 5) is 1.30. The lowest BCUT2D eigenvalue weighted by molar-refractivity contribution is 0.404. The molecule has 2 rings (SSSR count). The first-order valence-corrected chi connectivity index (χ1v) is 9.29. The summed E-state index contributed by atoms with van der Waals surface area (Å²) < 4.78 is 7.81. The monoisotopic (exact) mass is 431 g/mol. The van der Waals surface area contributed by atoms with E-state index in [0.29, 0.717) is 0 Å². The minimum absolute atomic E-state index is 0.146. The largest absolute Gasteiger partial charge is 0.496 e. The normalized spacial score (nSPS) is 12.4. The summed E-state index contributed by atoms with van der Waals surface area (Å²) in [5.41, 5.74) is 2.43. The van der Waals surface area contributed by atoms with Crippen LogP contribution in [0.3, 0.4) is 0 Å². The highest BCUT2D eigenvalue weighted by Gasteiger charge is 2.20. The molecule has 0 bridgehead atoms. The van der Waals surface area contributed by atoms with Gasteiger partial charge in [-0.3, -0.25) is 0 Å². The third-order valence-electron chi connectivity index (χ3n) is 3.26. The van der Waals surface area contributed by atoms with E-state index in [9.17, 15) is 0 Å². The molecule has 0 aliphatic rings. The van der Waals surface area contributed by atoms with Gasteiger partial charge in [0, 0.05) is 14.9 Å². The van der Waals surface area contributed by atoms with Gasteiger partial charge in [0.05, 0.1) is 16.9 Å². The first-order valence-electron chi connectivity index (χ1n) is 6.89. The molecule has 0 amide bonds. The van der Waals surface area contributed by atoms with Crippen molar-refractivity contribution in [2.45, 2.75) is 26.3 Å². The second-order valence-corrected chi connectivity index (χ2v) is 8.20. The number of hydrogen-bond acceptors (Lipinski definition) is 3. The highest BCUT2D eigenvalue weighted by atomic mass is 79.9. The van der Waals surface area contributed by atoms with Crippen LogP contribution < -0.4 is 10.1 Å². The highest BCUT2D eigenvalue weighted by molar-refractivity contribution is 9.11. The molecule has 2 nitrogen and oxygen atoms in total. The Hall–Kier alpha value is -0.360. The molecule has 1 unspecified atom stereocenters. The van der Waals surface area contributed by atoms with Crippen LogP contribution in [0.25, 0.3) is 0 Å². The van der Waals surface area contributed by atoms with E-state index in [-0.39, 0.29) is 6.04 Å². The van der Waals surface area contributed by atoms with Gasteiger partial charge in [0.2, 0.25) is 0 Å². The Labute approximate surface area is 147 Å². The van der Waals surface area contributed by atoms with Gasteiger partial charge >= 0.3 is 0 Å². The summed E-state index contributed by atoms with van der Waals surface area (Å²) in [5, 5.41) is 3.63. The molecule has 1 atom stereocenters. The lowest BCUT2D eigenvalue weighted by atomic mass is 10.0. The molecule has 1 aromatic carbocycles. The Morgan fingerprint density at radius 1 is 1.29 bits per heavy atom. The average molecular weight is 433 g/mol. The molecule has 0 spiro atoms. The zero-order chi connectivity index (χ0) is 15.4. The van der Waals surface area contributed by atoms with E-state index in [4.69, 9.17) is 4.74 Å². The first-order chi connectivity index (χ1) is 10.1. The molecule has 0 aliphatic heterocycles. The van der Waals surface area contributed by atoms with Gasteiger partial charge in [0.15, 0.2) is 0 Å². The Morgan fingerprint density at radius 2 is 2.05 bits per heavy atom. The number of benzene rings is 1. The number of ether oxygens (including phenoxy) is 1. The van der Waals surface area contributed by atoms with Crippen molar-refractivity contribution < 1.29 is 4.74 Å². The Balaban J connectivity index is 2.47. The fourth-order valence-corrected chi connectivity index (χ4v) is 4.25. The fourth-order valence-electron chi connectivity index (χ4n) is 2.21. The van der Waals surface area contributed by atoms with Crippen LogP contribution in [0.1, 0.15) is 35.4 Å². The number of nitrogens with one attached hydrogen (secondary N) is 1. The van der Waals surface area contributed by atoms with Gasteiger partial charge in [-0.1, -0.05) is 22.9 Å². The maximum Gasteiger partial charge on any atom is 0.124 e. The standard InChI is InChI=1S/C16H19Br2NOS/c1-4-7-19-15(14-8-10(2)16(18)21-14)12-9-11(17)5-6-13(12)20-3/h5-6,8-9,15,19H,4,7H2,1-3H3. The van der Waals surface area contributed by atoms with Crippen molar-refractivity contribution in [3.63, 3.8) is 0 Å². The second kappa shape index (κ2) is 7.77. The molecule has 114 valence electrons. The summed E-state index contributed by atoms with van der Waals surface area (Å²) >= 11 is 8.97. The smallest absolute Gasteiger partial charge is 0.124 e. The molecule has 0 aliphatic carbocycles. The summed E-state index contributed by atoms with van der Waals surface area (Å²) in [5.74, 6) is 0.911. The molecule has 1 heterocycles. The van der Waals surface area contributed by atoms with E-state index in [1.54, 1.807) is 18.4 Å². The predicted octanol–water partition coefficient (Wildman–Crippen LogP) is 5.68. The minimum atomic E-state index is 0.146. The summed E-state index contributed by atoms with van der Waals surface area (Å²) in [7, 11) is 1.72. The maximum absolute atomic E-state index is 5.55. The van der Waals surface area contributed by atoms with Gasteiger partial charge in [-0.15, -0.1) is 11.3 Å². The van der Waals surface area contributed by atoms with Crippen LogP contribution in [0.2, 0.25) is 0 Å². The van der Waals surface area contributed by atoms with Gasteiger partial charge in [0.1, 0.15) is 5.75 Å². The van der Waals surface area contributed by atoms with Gasteiger partial charge < -0.3 is 10.1 Å². The lowest BCUT2D eigenvalue weighted by Crippen LogP contribution is -2.23. The van der Waals surface area contributed by atoms with Gasteiger partial charge in [-0.25, -0.2) is 0 Å². The quantitative estimate of drug-likeness (QED) is 0.633. The number of rotatable bonds is 6. The van der Waals surface area contributed by atoms with Crippen LogP contribution in [0.5, 0.6) is 5.75 Å². The number of hydrogen-bond donors (Lipinski definition) is 1. The zero-order valence-corrected chi connectivity index (χ0v) is 16.4. The van der Waals surface area contributed by atoms with Crippen molar-refractivity contribution in [3.05, 3.63) is 48.5 Å². The van der Waals surface area contributed by atoms with Crippen molar-refractivity contribution in [1.82, 2.24) is 5.32 Å².